The van der Waals surface area contributed by atoms with Crippen molar-refractivity contribution >= 4 is 11.8 Å². The van der Waals surface area contributed by atoms with E-state index < -0.39 is 0 Å². The number of rotatable bonds is 5. The van der Waals surface area contributed by atoms with Crippen LogP contribution in [0.25, 0.3) is 5.69 Å². The fraction of sp³-hybridized carbons (Fsp3) is 0.429. The van der Waals surface area contributed by atoms with Crippen molar-refractivity contribution in [1.82, 2.24) is 14.8 Å². The normalized spacial score (nSPS) is 17.0. The molecule has 1 aliphatic heterocycles. The molecular weight excluding hydrogens is 342 g/mol. The molecule has 0 radical (unpaired) electrons. The smallest absolute Gasteiger partial charge is 0.256 e. The number of para-hydroxylation sites is 1. The second-order valence-electron chi connectivity index (χ2n) is 6.84. The summed E-state index contributed by atoms with van der Waals surface area (Å²) in [5.74, 6) is -0.0940. The van der Waals surface area contributed by atoms with E-state index in [9.17, 15) is 9.59 Å². The molecule has 0 bridgehead atoms. The summed E-state index contributed by atoms with van der Waals surface area (Å²) in [5, 5.41) is 2.80. The molecule has 1 aliphatic rings. The van der Waals surface area contributed by atoms with Crippen molar-refractivity contribution < 1.29 is 14.3 Å². The molecule has 144 valence electrons. The Hall–Kier alpha value is -2.60. The van der Waals surface area contributed by atoms with E-state index in [0.717, 1.165) is 17.1 Å². The lowest BCUT2D eigenvalue weighted by molar-refractivity contribution is -0.123. The minimum Gasteiger partial charge on any atom is -0.377 e. The zero-order valence-electron chi connectivity index (χ0n) is 16.2. The van der Waals surface area contributed by atoms with Crippen molar-refractivity contribution in [2.45, 2.75) is 33.2 Å². The molecule has 6 heteroatoms. The Morgan fingerprint density at radius 2 is 1.96 bits per heavy atom. The van der Waals surface area contributed by atoms with Crippen LogP contribution in [0.5, 0.6) is 0 Å². The average Bonchev–Trinajstić information content (AvgIpc) is 2.97. The van der Waals surface area contributed by atoms with Crippen LogP contribution in [0, 0.1) is 13.8 Å². The SMILES string of the molecule is CCNC(=O)C[C@@H]1COCCN1C(=O)c1cc(C)n(-c2ccccc2)c1C. The lowest BCUT2D eigenvalue weighted by Gasteiger charge is -2.35. The van der Waals surface area contributed by atoms with Gasteiger partial charge in [0.1, 0.15) is 0 Å². The molecule has 1 saturated heterocycles. The Kier molecular flexibility index (Phi) is 5.96. The zero-order valence-corrected chi connectivity index (χ0v) is 16.2. The first-order valence-corrected chi connectivity index (χ1v) is 9.42. The summed E-state index contributed by atoms with van der Waals surface area (Å²) in [6.45, 7) is 7.82. The first-order valence-electron chi connectivity index (χ1n) is 9.42. The van der Waals surface area contributed by atoms with Gasteiger partial charge in [0.25, 0.3) is 5.91 Å². The first-order chi connectivity index (χ1) is 13.0. The topological polar surface area (TPSA) is 63.6 Å². The summed E-state index contributed by atoms with van der Waals surface area (Å²) in [4.78, 5) is 27.1. The molecule has 1 aromatic heterocycles. The summed E-state index contributed by atoms with van der Waals surface area (Å²) in [6, 6.07) is 11.7. The van der Waals surface area contributed by atoms with Gasteiger partial charge in [-0.25, -0.2) is 0 Å². The van der Waals surface area contributed by atoms with Gasteiger partial charge < -0.3 is 19.5 Å². The number of hydrogen-bond donors (Lipinski definition) is 1. The molecule has 0 aliphatic carbocycles. The molecule has 2 amide bonds. The first kappa shape index (κ1) is 19.2. The number of carbonyl (C=O) groups is 2. The molecule has 0 spiro atoms. The lowest BCUT2D eigenvalue weighted by Crippen LogP contribution is -2.50. The van der Waals surface area contributed by atoms with Crippen LogP contribution in [0.4, 0.5) is 0 Å². The molecule has 3 rings (SSSR count). The van der Waals surface area contributed by atoms with Gasteiger partial charge in [-0.3, -0.25) is 9.59 Å². The standard InChI is InChI=1S/C21H27N3O3/c1-4-22-20(25)13-18-14-27-11-10-23(18)21(26)19-12-15(2)24(16(19)3)17-8-6-5-7-9-17/h5-9,12,18H,4,10-11,13-14H2,1-3H3,(H,22,25)/t18-/m1/s1. The Morgan fingerprint density at radius 3 is 2.67 bits per heavy atom. The van der Waals surface area contributed by atoms with Crippen molar-refractivity contribution in [3.05, 3.63) is 53.3 Å². The van der Waals surface area contributed by atoms with E-state index in [-0.39, 0.29) is 24.3 Å². The van der Waals surface area contributed by atoms with E-state index in [1.54, 1.807) is 4.90 Å². The fourth-order valence-electron chi connectivity index (χ4n) is 3.68. The number of aryl methyl sites for hydroxylation is 1. The molecule has 1 N–H and O–H groups in total. The van der Waals surface area contributed by atoms with Crippen LogP contribution in [0.3, 0.4) is 0 Å². The van der Waals surface area contributed by atoms with E-state index in [4.69, 9.17) is 4.74 Å². The highest BCUT2D eigenvalue weighted by Gasteiger charge is 2.31. The quantitative estimate of drug-likeness (QED) is 0.881. The zero-order chi connectivity index (χ0) is 19.4. The number of nitrogens with one attached hydrogen (secondary N) is 1. The minimum absolute atomic E-state index is 0.0390. The van der Waals surface area contributed by atoms with Gasteiger partial charge >= 0.3 is 0 Å². The highest BCUT2D eigenvalue weighted by atomic mass is 16.5. The number of ether oxygens (including phenoxy) is 1. The van der Waals surface area contributed by atoms with Gasteiger partial charge in [0.05, 0.1) is 24.8 Å². The number of morpholine rings is 1. The van der Waals surface area contributed by atoms with E-state index in [1.807, 2.05) is 57.2 Å². The predicted molar refractivity (Wildman–Crippen MR) is 104 cm³/mol. The van der Waals surface area contributed by atoms with Crippen LogP contribution >= 0.6 is 0 Å². The third kappa shape index (κ3) is 4.06. The summed E-state index contributed by atoms with van der Waals surface area (Å²) >= 11 is 0. The van der Waals surface area contributed by atoms with Gasteiger partial charge in [-0.15, -0.1) is 0 Å². The summed E-state index contributed by atoms with van der Waals surface area (Å²) in [5.41, 5.74) is 3.63. The maximum atomic E-state index is 13.3. The Balaban J connectivity index is 1.87. The lowest BCUT2D eigenvalue weighted by atomic mass is 10.1. The number of amides is 2. The summed E-state index contributed by atoms with van der Waals surface area (Å²) < 4.78 is 7.62. The van der Waals surface area contributed by atoms with Crippen molar-refractivity contribution in [3.8, 4) is 5.69 Å². The van der Waals surface area contributed by atoms with Crippen LogP contribution < -0.4 is 5.32 Å². The van der Waals surface area contributed by atoms with Crippen LogP contribution in [-0.4, -0.2) is 53.6 Å². The van der Waals surface area contributed by atoms with E-state index in [2.05, 4.69) is 9.88 Å². The molecule has 27 heavy (non-hydrogen) atoms. The average molecular weight is 369 g/mol. The molecular formula is C21H27N3O3. The van der Waals surface area contributed by atoms with Crippen LogP contribution in [0.1, 0.15) is 35.1 Å². The number of benzene rings is 1. The molecule has 1 fully saturated rings. The molecule has 1 atom stereocenters. The van der Waals surface area contributed by atoms with Crippen LogP contribution in [0.15, 0.2) is 36.4 Å². The maximum Gasteiger partial charge on any atom is 0.256 e. The molecule has 2 heterocycles. The van der Waals surface area contributed by atoms with Gasteiger partial charge in [0.15, 0.2) is 0 Å². The molecule has 0 saturated carbocycles. The van der Waals surface area contributed by atoms with Gasteiger partial charge in [0, 0.05) is 36.6 Å². The Morgan fingerprint density at radius 1 is 1.22 bits per heavy atom. The predicted octanol–water partition coefficient (Wildman–Crippen LogP) is 2.46. The van der Waals surface area contributed by atoms with Crippen molar-refractivity contribution in [2.75, 3.05) is 26.3 Å². The highest BCUT2D eigenvalue weighted by molar-refractivity contribution is 5.96. The third-order valence-electron chi connectivity index (χ3n) is 4.96. The molecule has 1 aromatic carbocycles. The second kappa shape index (κ2) is 8.39. The van der Waals surface area contributed by atoms with Crippen LogP contribution in [0.2, 0.25) is 0 Å². The number of aromatic nitrogens is 1. The largest absolute Gasteiger partial charge is 0.377 e. The van der Waals surface area contributed by atoms with Crippen LogP contribution in [-0.2, 0) is 9.53 Å². The number of hydrogen-bond acceptors (Lipinski definition) is 3. The Labute approximate surface area is 160 Å². The van der Waals surface area contributed by atoms with Gasteiger partial charge in [-0.05, 0) is 39.0 Å². The summed E-state index contributed by atoms with van der Waals surface area (Å²) in [6.07, 6.45) is 0.261. The van der Waals surface area contributed by atoms with Gasteiger partial charge in [-0.1, -0.05) is 18.2 Å². The third-order valence-corrected chi connectivity index (χ3v) is 4.96. The van der Waals surface area contributed by atoms with Crippen molar-refractivity contribution in [2.24, 2.45) is 0 Å². The second-order valence-corrected chi connectivity index (χ2v) is 6.84. The molecule has 6 nitrogen and oxygen atoms in total. The minimum atomic E-state index is -0.238. The monoisotopic (exact) mass is 369 g/mol. The number of nitrogens with zero attached hydrogens (tertiary/aromatic N) is 2. The van der Waals surface area contributed by atoms with E-state index >= 15 is 0 Å². The highest BCUT2D eigenvalue weighted by Crippen LogP contribution is 2.24. The van der Waals surface area contributed by atoms with Gasteiger partial charge in [-0.2, -0.15) is 0 Å². The van der Waals surface area contributed by atoms with E-state index in [1.165, 1.54) is 0 Å². The van der Waals surface area contributed by atoms with E-state index in [0.29, 0.717) is 31.9 Å². The molecule has 2 aromatic rings. The molecule has 0 unspecified atom stereocenters. The Bertz CT molecular complexity index is 814. The summed E-state index contributed by atoms with van der Waals surface area (Å²) in [7, 11) is 0. The maximum absolute atomic E-state index is 13.3. The number of carbonyl (C=O) groups excluding carboxylic acids is 2. The van der Waals surface area contributed by atoms with Gasteiger partial charge in [0.2, 0.25) is 5.91 Å². The fourth-order valence-corrected chi connectivity index (χ4v) is 3.68. The van der Waals surface area contributed by atoms with Crippen molar-refractivity contribution in [1.29, 1.82) is 0 Å². The van der Waals surface area contributed by atoms with Crippen molar-refractivity contribution in [3.63, 3.8) is 0 Å².